The largest absolute Gasteiger partial charge is 0.473 e. The second-order valence-corrected chi connectivity index (χ2v) is 3.05. The van der Waals surface area contributed by atoms with E-state index in [1.165, 1.54) is 0 Å². The zero-order chi connectivity index (χ0) is 10.8. The van der Waals surface area contributed by atoms with Gasteiger partial charge in [0.2, 0.25) is 0 Å². The molecule has 0 aromatic carbocycles. The molecule has 1 aliphatic carbocycles. The van der Waals surface area contributed by atoms with Crippen molar-refractivity contribution < 1.29 is 18.0 Å². The molecule has 3 nitrogen and oxygen atoms in total. The maximum Gasteiger partial charge on any atom is 0.473 e. The molecule has 1 rings (SSSR count). The number of nitrogens with zero attached hydrogens (tertiary/aromatic N) is 1. The Morgan fingerprint density at radius 2 is 1.86 bits per heavy atom. The van der Waals surface area contributed by atoms with Gasteiger partial charge in [-0.15, -0.1) is 0 Å². The monoisotopic (exact) mass is 206 g/mol. The third-order valence-corrected chi connectivity index (χ3v) is 1.92. The van der Waals surface area contributed by atoms with Gasteiger partial charge >= 0.3 is 12.1 Å². The summed E-state index contributed by atoms with van der Waals surface area (Å²) in [5.74, 6) is -2.11. The van der Waals surface area contributed by atoms with Crippen LogP contribution < -0.4 is 0 Å². The van der Waals surface area contributed by atoms with E-state index in [0.29, 0.717) is 19.3 Å². The summed E-state index contributed by atoms with van der Waals surface area (Å²) in [4.78, 5) is 13.4. The lowest BCUT2D eigenvalue weighted by Gasteiger charge is -2.13. The minimum Gasteiger partial charge on any atom is -0.303 e. The standard InChI is InChI=1S/C8H9F3N2O/c9-8(10,11)7(14)13-6-4-2-1-3-5(6)12/h12H,1-4H2. The molecular formula is C8H9F3N2O. The summed E-state index contributed by atoms with van der Waals surface area (Å²) < 4.78 is 35.4. The molecule has 0 bridgehead atoms. The summed E-state index contributed by atoms with van der Waals surface area (Å²) in [6, 6.07) is 0. The zero-order valence-corrected chi connectivity index (χ0v) is 7.32. The van der Waals surface area contributed by atoms with Gasteiger partial charge in [-0.1, -0.05) is 0 Å². The first-order chi connectivity index (χ1) is 6.41. The lowest BCUT2D eigenvalue weighted by molar-refractivity contribution is -0.169. The highest BCUT2D eigenvalue weighted by Crippen LogP contribution is 2.19. The average Bonchev–Trinajstić information content (AvgIpc) is 2.07. The highest BCUT2D eigenvalue weighted by molar-refractivity contribution is 6.43. The van der Waals surface area contributed by atoms with E-state index < -0.39 is 12.1 Å². The van der Waals surface area contributed by atoms with Crippen molar-refractivity contribution in [1.82, 2.24) is 0 Å². The van der Waals surface area contributed by atoms with E-state index >= 15 is 0 Å². The molecule has 0 aromatic heterocycles. The van der Waals surface area contributed by atoms with Crippen LogP contribution in [0.1, 0.15) is 25.7 Å². The fraction of sp³-hybridized carbons (Fsp3) is 0.625. The Morgan fingerprint density at radius 3 is 2.36 bits per heavy atom. The van der Waals surface area contributed by atoms with Crippen LogP contribution in [0.15, 0.2) is 4.99 Å². The van der Waals surface area contributed by atoms with E-state index in [1.54, 1.807) is 0 Å². The normalized spacial score (nSPS) is 21.4. The number of hydrogen-bond donors (Lipinski definition) is 1. The Bertz CT molecular complexity index is 293. The van der Waals surface area contributed by atoms with Gasteiger partial charge < -0.3 is 5.41 Å². The van der Waals surface area contributed by atoms with Gasteiger partial charge in [0.05, 0.1) is 11.4 Å². The van der Waals surface area contributed by atoms with Crippen molar-refractivity contribution in [3.8, 4) is 0 Å². The van der Waals surface area contributed by atoms with E-state index in [2.05, 4.69) is 4.99 Å². The Hall–Kier alpha value is -1.20. The predicted octanol–water partition coefficient (Wildman–Crippen LogP) is 2.11. The second-order valence-electron chi connectivity index (χ2n) is 3.05. The van der Waals surface area contributed by atoms with Gasteiger partial charge in [0.25, 0.3) is 0 Å². The Labute approximate surface area is 78.5 Å². The van der Waals surface area contributed by atoms with Crippen LogP contribution in [0.2, 0.25) is 0 Å². The number of amides is 1. The summed E-state index contributed by atoms with van der Waals surface area (Å²) in [7, 11) is 0. The molecule has 0 radical (unpaired) electrons. The van der Waals surface area contributed by atoms with Crippen molar-refractivity contribution in [2.45, 2.75) is 31.9 Å². The minimum absolute atomic E-state index is 0.0152. The number of nitrogens with one attached hydrogen (secondary N) is 1. The number of aliphatic imine (C=N–C) groups is 1. The van der Waals surface area contributed by atoms with Crippen molar-refractivity contribution >= 4 is 17.3 Å². The number of carbonyl (C=O) groups is 1. The van der Waals surface area contributed by atoms with Crippen LogP contribution in [0.25, 0.3) is 0 Å². The summed E-state index contributed by atoms with van der Waals surface area (Å²) in [6.45, 7) is 0. The Morgan fingerprint density at radius 1 is 1.29 bits per heavy atom. The van der Waals surface area contributed by atoms with Crippen LogP contribution in [0, 0.1) is 5.41 Å². The van der Waals surface area contributed by atoms with Crippen LogP contribution in [-0.2, 0) is 4.79 Å². The number of alkyl halides is 3. The molecule has 1 fully saturated rings. The molecule has 0 unspecified atom stereocenters. The molecule has 1 N–H and O–H groups in total. The average molecular weight is 206 g/mol. The van der Waals surface area contributed by atoms with E-state index in [1.807, 2.05) is 0 Å². The maximum absolute atomic E-state index is 11.8. The zero-order valence-electron chi connectivity index (χ0n) is 7.32. The van der Waals surface area contributed by atoms with E-state index in [9.17, 15) is 18.0 Å². The van der Waals surface area contributed by atoms with Gasteiger partial charge in [-0.25, -0.2) is 4.99 Å². The minimum atomic E-state index is -4.93. The molecule has 1 saturated carbocycles. The second kappa shape index (κ2) is 3.89. The fourth-order valence-corrected chi connectivity index (χ4v) is 1.20. The lowest BCUT2D eigenvalue weighted by Crippen LogP contribution is -2.26. The van der Waals surface area contributed by atoms with E-state index in [4.69, 9.17) is 5.41 Å². The first-order valence-electron chi connectivity index (χ1n) is 4.18. The van der Waals surface area contributed by atoms with Crippen molar-refractivity contribution in [3.63, 3.8) is 0 Å². The molecule has 14 heavy (non-hydrogen) atoms. The molecule has 0 saturated heterocycles. The molecular weight excluding hydrogens is 197 g/mol. The predicted molar refractivity (Wildman–Crippen MR) is 44.7 cm³/mol. The third kappa shape index (κ3) is 2.65. The molecule has 0 spiro atoms. The van der Waals surface area contributed by atoms with Crippen LogP contribution in [0.4, 0.5) is 13.2 Å². The number of carbonyl (C=O) groups excluding carboxylic acids is 1. The maximum atomic E-state index is 11.8. The topological polar surface area (TPSA) is 53.3 Å². The van der Waals surface area contributed by atoms with Gasteiger partial charge in [0.15, 0.2) is 0 Å². The van der Waals surface area contributed by atoms with Crippen molar-refractivity contribution in [1.29, 1.82) is 5.41 Å². The molecule has 0 atom stereocenters. The van der Waals surface area contributed by atoms with E-state index in [-0.39, 0.29) is 11.4 Å². The molecule has 0 aliphatic heterocycles. The van der Waals surface area contributed by atoms with Crippen LogP contribution in [0.5, 0.6) is 0 Å². The smallest absolute Gasteiger partial charge is 0.303 e. The van der Waals surface area contributed by atoms with Crippen LogP contribution in [-0.4, -0.2) is 23.5 Å². The molecule has 1 amide bonds. The first-order valence-corrected chi connectivity index (χ1v) is 4.18. The van der Waals surface area contributed by atoms with Crippen molar-refractivity contribution in [2.75, 3.05) is 0 Å². The van der Waals surface area contributed by atoms with Gasteiger partial charge in [-0.2, -0.15) is 13.2 Å². The van der Waals surface area contributed by atoms with Gasteiger partial charge in [0.1, 0.15) is 0 Å². The molecule has 78 valence electrons. The number of rotatable bonds is 0. The first kappa shape index (κ1) is 10.9. The molecule has 1 aliphatic rings. The summed E-state index contributed by atoms with van der Waals surface area (Å²) in [5, 5.41) is 7.29. The quantitative estimate of drug-likeness (QED) is 0.648. The van der Waals surface area contributed by atoms with Gasteiger partial charge in [-0.3, -0.25) is 4.79 Å². The summed E-state index contributed by atoms with van der Waals surface area (Å²) in [5.41, 5.74) is 0.0347. The molecule has 0 heterocycles. The van der Waals surface area contributed by atoms with Gasteiger partial charge in [-0.05, 0) is 25.7 Å². The summed E-state index contributed by atoms with van der Waals surface area (Å²) in [6.07, 6.45) is -2.76. The van der Waals surface area contributed by atoms with Crippen LogP contribution in [0.3, 0.4) is 0 Å². The Kier molecular flexibility index (Phi) is 3.03. The fourth-order valence-electron chi connectivity index (χ4n) is 1.20. The van der Waals surface area contributed by atoms with Crippen molar-refractivity contribution in [3.05, 3.63) is 0 Å². The Balaban J connectivity index is 2.76. The highest BCUT2D eigenvalue weighted by atomic mass is 19.4. The molecule has 0 aromatic rings. The lowest BCUT2D eigenvalue weighted by atomic mass is 9.96. The summed E-state index contributed by atoms with van der Waals surface area (Å²) >= 11 is 0. The van der Waals surface area contributed by atoms with Gasteiger partial charge in [0, 0.05) is 0 Å². The number of halogens is 3. The number of hydrogen-bond acceptors (Lipinski definition) is 2. The SMILES string of the molecule is N=C1CCCCC1=NC(=O)C(F)(F)F. The van der Waals surface area contributed by atoms with Crippen molar-refractivity contribution in [2.24, 2.45) is 4.99 Å². The molecule has 6 heteroatoms. The van der Waals surface area contributed by atoms with E-state index in [0.717, 1.165) is 6.42 Å². The highest BCUT2D eigenvalue weighted by Gasteiger charge is 2.39. The van der Waals surface area contributed by atoms with Crippen LogP contribution >= 0.6 is 0 Å². The third-order valence-electron chi connectivity index (χ3n) is 1.92.